The maximum atomic E-state index is 12.3. The van der Waals surface area contributed by atoms with Crippen molar-refractivity contribution in [3.8, 4) is 5.75 Å². The molecule has 2 atom stereocenters. The van der Waals surface area contributed by atoms with Crippen molar-refractivity contribution in [2.24, 2.45) is 5.14 Å². The number of carbonyl (C=O) groups is 1. The summed E-state index contributed by atoms with van der Waals surface area (Å²) in [5.41, 5.74) is 7.63. The number of para-hydroxylation sites is 1. The van der Waals surface area contributed by atoms with Gasteiger partial charge in [0.2, 0.25) is 15.9 Å². The van der Waals surface area contributed by atoms with Crippen molar-refractivity contribution < 1.29 is 18.3 Å². The molecule has 0 bridgehead atoms. The number of hydrogen-bond acceptors (Lipinski definition) is 6. The predicted molar refractivity (Wildman–Crippen MR) is 100 cm³/mol. The Morgan fingerprint density at radius 3 is 2.52 bits per heavy atom. The van der Waals surface area contributed by atoms with E-state index in [0.29, 0.717) is 19.4 Å². The van der Waals surface area contributed by atoms with Gasteiger partial charge in [0.05, 0.1) is 10.9 Å². The molecule has 0 aliphatic carbocycles. The second-order valence-electron chi connectivity index (χ2n) is 6.42. The molecular formula is C18H22N4O4S. The van der Waals surface area contributed by atoms with Crippen LogP contribution in [0.1, 0.15) is 23.6 Å². The van der Waals surface area contributed by atoms with E-state index in [9.17, 15) is 18.3 Å². The molecule has 0 saturated carbocycles. The monoisotopic (exact) mass is 390 g/mol. The van der Waals surface area contributed by atoms with E-state index in [1.807, 2.05) is 12.1 Å². The molecule has 3 rings (SSSR count). The molecule has 1 fully saturated rings. The number of sulfonamides is 1. The average Bonchev–Trinajstić information content (AvgIpc) is 3.12. The van der Waals surface area contributed by atoms with Crippen molar-refractivity contribution in [1.82, 2.24) is 16.2 Å². The summed E-state index contributed by atoms with van der Waals surface area (Å²) in [4.78, 5) is 12.4. The highest BCUT2D eigenvalue weighted by Gasteiger charge is 2.31. The molecule has 1 saturated heterocycles. The molecule has 2 aromatic rings. The van der Waals surface area contributed by atoms with E-state index in [-0.39, 0.29) is 22.6 Å². The number of rotatable bonds is 6. The zero-order chi connectivity index (χ0) is 19.4. The smallest absolute Gasteiger partial charge is 0.238 e. The van der Waals surface area contributed by atoms with Crippen molar-refractivity contribution in [2.45, 2.75) is 29.8 Å². The number of nitrogens with two attached hydrogens (primary N) is 1. The third-order valence-electron chi connectivity index (χ3n) is 4.50. The van der Waals surface area contributed by atoms with Gasteiger partial charge in [-0.05, 0) is 36.6 Å². The van der Waals surface area contributed by atoms with Crippen LogP contribution in [-0.4, -0.2) is 32.0 Å². The second kappa shape index (κ2) is 8.05. The highest BCUT2D eigenvalue weighted by atomic mass is 32.2. The van der Waals surface area contributed by atoms with Gasteiger partial charge in [0.1, 0.15) is 11.8 Å². The Hall–Kier alpha value is -2.46. The highest BCUT2D eigenvalue weighted by Crippen LogP contribution is 2.29. The summed E-state index contributed by atoms with van der Waals surface area (Å²) in [5, 5.41) is 17.8. The van der Waals surface area contributed by atoms with Crippen molar-refractivity contribution in [3.63, 3.8) is 0 Å². The largest absolute Gasteiger partial charge is 0.508 e. The standard InChI is InChI=1S/C18H22N4O4S/c19-27(25,26)13-7-5-12(6-8-13)9-10-20-18(24)16-11-15(21-22-16)14-3-1-2-4-17(14)23/h1-8,15-16,21-23H,9-11H2,(H,20,24)(H2,19,25,26). The van der Waals surface area contributed by atoms with Crippen molar-refractivity contribution in [1.29, 1.82) is 0 Å². The van der Waals surface area contributed by atoms with Crippen LogP contribution >= 0.6 is 0 Å². The van der Waals surface area contributed by atoms with Crippen molar-refractivity contribution in [2.75, 3.05) is 6.54 Å². The minimum Gasteiger partial charge on any atom is -0.508 e. The molecule has 9 heteroatoms. The van der Waals surface area contributed by atoms with Gasteiger partial charge in [-0.3, -0.25) is 4.79 Å². The zero-order valence-corrected chi connectivity index (χ0v) is 15.4. The first-order chi connectivity index (χ1) is 12.8. The molecule has 0 aromatic heterocycles. The molecule has 6 N–H and O–H groups in total. The Balaban J connectivity index is 1.48. The number of carbonyl (C=O) groups excluding carboxylic acids is 1. The Morgan fingerprint density at radius 2 is 1.85 bits per heavy atom. The van der Waals surface area contributed by atoms with E-state index < -0.39 is 16.1 Å². The van der Waals surface area contributed by atoms with Gasteiger partial charge in [0.15, 0.2) is 0 Å². The molecule has 1 heterocycles. The van der Waals surface area contributed by atoms with Crippen LogP contribution in [0.15, 0.2) is 53.4 Å². The fraction of sp³-hybridized carbons (Fsp3) is 0.278. The second-order valence-corrected chi connectivity index (χ2v) is 7.98. The number of phenolic OH excluding ortho intramolecular Hbond substituents is 1. The molecule has 2 aromatic carbocycles. The maximum absolute atomic E-state index is 12.3. The molecule has 1 aliphatic rings. The molecule has 27 heavy (non-hydrogen) atoms. The Kier molecular flexibility index (Phi) is 5.76. The molecule has 2 unspecified atom stereocenters. The summed E-state index contributed by atoms with van der Waals surface area (Å²) in [6.07, 6.45) is 1.09. The number of hydrogen-bond donors (Lipinski definition) is 5. The number of primary sulfonamides is 1. The summed E-state index contributed by atoms with van der Waals surface area (Å²) in [7, 11) is -3.70. The van der Waals surface area contributed by atoms with Gasteiger partial charge in [-0.1, -0.05) is 30.3 Å². The molecule has 0 spiro atoms. The summed E-state index contributed by atoms with van der Waals surface area (Å²) in [6.45, 7) is 0.424. The van der Waals surface area contributed by atoms with E-state index in [1.54, 1.807) is 24.3 Å². The van der Waals surface area contributed by atoms with Gasteiger partial charge in [0.25, 0.3) is 0 Å². The zero-order valence-electron chi connectivity index (χ0n) is 14.6. The Bertz CT molecular complexity index is 915. The number of aromatic hydroxyl groups is 1. The average molecular weight is 390 g/mol. The van der Waals surface area contributed by atoms with Crippen LogP contribution in [0.5, 0.6) is 5.75 Å². The van der Waals surface area contributed by atoms with Gasteiger partial charge >= 0.3 is 0 Å². The third kappa shape index (κ3) is 4.83. The SMILES string of the molecule is NS(=O)(=O)c1ccc(CCNC(=O)C2CC(c3ccccc3O)NN2)cc1. The van der Waals surface area contributed by atoms with E-state index >= 15 is 0 Å². The first-order valence-corrected chi connectivity index (χ1v) is 10.1. The van der Waals surface area contributed by atoms with Crippen LogP contribution in [0.25, 0.3) is 0 Å². The van der Waals surface area contributed by atoms with Crippen LogP contribution in [-0.2, 0) is 21.2 Å². The lowest BCUT2D eigenvalue weighted by molar-refractivity contribution is -0.122. The quantitative estimate of drug-likeness (QED) is 0.482. The minimum absolute atomic E-state index is 0.0618. The lowest BCUT2D eigenvalue weighted by atomic mass is 10.0. The number of benzene rings is 2. The third-order valence-corrected chi connectivity index (χ3v) is 5.43. The van der Waals surface area contributed by atoms with Gasteiger partial charge in [-0.2, -0.15) is 0 Å². The van der Waals surface area contributed by atoms with Crippen LogP contribution in [0.3, 0.4) is 0 Å². The molecule has 1 aliphatic heterocycles. The topological polar surface area (TPSA) is 134 Å². The van der Waals surface area contributed by atoms with E-state index in [1.165, 1.54) is 12.1 Å². The predicted octanol–water partition coefficient (Wildman–Crippen LogP) is 0.306. The molecular weight excluding hydrogens is 368 g/mol. The van der Waals surface area contributed by atoms with E-state index in [2.05, 4.69) is 16.2 Å². The van der Waals surface area contributed by atoms with Gasteiger partial charge in [-0.15, -0.1) is 0 Å². The maximum Gasteiger partial charge on any atom is 0.238 e. The first kappa shape index (κ1) is 19.3. The highest BCUT2D eigenvalue weighted by molar-refractivity contribution is 7.89. The lowest BCUT2D eigenvalue weighted by Gasteiger charge is -2.12. The van der Waals surface area contributed by atoms with E-state index in [4.69, 9.17) is 5.14 Å². The number of phenols is 1. The van der Waals surface area contributed by atoms with Crippen LogP contribution in [0, 0.1) is 0 Å². The molecule has 8 nitrogen and oxygen atoms in total. The lowest BCUT2D eigenvalue weighted by Crippen LogP contribution is -2.43. The summed E-state index contributed by atoms with van der Waals surface area (Å²) in [5.74, 6) is 0.0578. The Morgan fingerprint density at radius 1 is 1.15 bits per heavy atom. The molecule has 0 radical (unpaired) electrons. The van der Waals surface area contributed by atoms with Crippen LogP contribution in [0.2, 0.25) is 0 Å². The fourth-order valence-electron chi connectivity index (χ4n) is 3.01. The molecule has 1 amide bonds. The summed E-state index contributed by atoms with van der Waals surface area (Å²) in [6, 6.07) is 12.7. The number of amides is 1. The fourth-order valence-corrected chi connectivity index (χ4v) is 3.53. The summed E-state index contributed by atoms with van der Waals surface area (Å²) >= 11 is 0. The minimum atomic E-state index is -3.70. The van der Waals surface area contributed by atoms with Crippen molar-refractivity contribution >= 4 is 15.9 Å². The number of hydrazine groups is 1. The van der Waals surface area contributed by atoms with E-state index in [0.717, 1.165) is 11.1 Å². The summed E-state index contributed by atoms with van der Waals surface area (Å²) < 4.78 is 22.5. The van der Waals surface area contributed by atoms with Gasteiger partial charge in [0, 0.05) is 12.1 Å². The normalized spacial score (nSPS) is 19.7. The number of nitrogens with one attached hydrogen (secondary N) is 3. The van der Waals surface area contributed by atoms with Crippen LogP contribution < -0.4 is 21.3 Å². The molecule has 144 valence electrons. The Labute approximate surface area is 157 Å². The van der Waals surface area contributed by atoms with Gasteiger partial charge < -0.3 is 10.4 Å². The van der Waals surface area contributed by atoms with Crippen LogP contribution in [0.4, 0.5) is 0 Å². The first-order valence-electron chi connectivity index (χ1n) is 8.53. The van der Waals surface area contributed by atoms with Crippen molar-refractivity contribution in [3.05, 3.63) is 59.7 Å². The van der Waals surface area contributed by atoms with Gasteiger partial charge in [-0.25, -0.2) is 24.4 Å².